The molecule has 1 atom stereocenters. The maximum absolute atomic E-state index is 11.0. The second kappa shape index (κ2) is 5.30. The predicted octanol–water partition coefficient (Wildman–Crippen LogP) is -0.766. The SMILES string of the molecule is NNc1ncnc(NCC2(O)CCOC2)c1[N+](=O)[O-]. The zero-order valence-electron chi connectivity index (χ0n) is 10.00. The molecule has 2 rings (SSSR count). The van der Waals surface area contributed by atoms with E-state index in [2.05, 4.69) is 20.7 Å². The largest absolute Gasteiger partial charge is 0.386 e. The van der Waals surface area contributed by atoms with Gasteiger partial charge >= 0.3 is 5.69 Å². The molecule has 1 aromatic heterocycles. The van der Waals surface area contributed by atoms with Crippen molar-refractivity contribution in [3.63, 3.8) is 0 Å². The van der Waals surface area contributed by atoms with Crippen LogP contribution in [0.3, 0.4) is 0 Å². The van der Waals surface area contributed by atoms with Crippen molar-refractivity contribution in [3.05, 3.63) is 16.4 Å². The minimum Gasteiger partial charge on any atom is -0.386 e. The molecular weight excluding hydrogens is 256 g/mol. The highest BCUT2D eigenvalue weighted by atomic mass is 16.6. The lowest BCUT2D eigenvalue weighted by Crippen LogP contribution is -2.37. The van der Waals surface area contributed by atoms with Crippen LogP contribution < -0.4 is 16.6 Å². The summed E-state index contributed by atoms with van der Waals surface area (Å²) in [5.41, 5.74) is 0.720. The van der Waals surface area contributed by atoms with Crippen LogP contribution in [-0.4, -0.2) is 45.4 Å². The fourth-order valence-corrected chi connectivity index (χ4v) is 1.77. The summed E-state index contributed by atoms with van der Waals surface area (Å²) in [6, 6.07) is 0. The minimum absolute atomic E-state index is 0.00623. The monoisotopic (exact) mass is 270 g/mol. The standard InChI is InChI=1S/C9H14N6O4/c10-14-8-6(15(17)18)7(12-5-13-8)11-3-9(16)1-2-19-4-9/h5,16H,1-4,10H2,(H2,11,12,13,14). The molecule has 2 heterocycles. The van der Waals surface area contributed by atoms with Crippen molar-refractivity contribution >= 4 is 17.3 Å². The number of nitrogen functional groups attached to an aromatic ring is 1. The molecule has 10 heteroatoms. The molecule has 0 radical (unpaired) electrons. The molecule has 1 aromatic rings. The summed E-state index contributed by atoms with van der Waals surface area (Å²) in [7, 11) is 0. The molecule has 1 fully saturated rings. The summed E-state index contributed by atoms with van der Waals surface area (Å²) in [6.45, 7) is 0.732. The third-order valence-corrected chi connectivity index (χ3v) is 2.81. The van der Waals surface area contributed by atoms with Gasteiger partial charge < -0.3 is 20.6 Å². The van der Waals surface area contributed by atoms with Crippen LogP contribution in [0.15, 0.2) is 6.33 Å². The van der Waals surface area contributed by atoms with Crippen molar-refractivity contribution in [1.29, 1.82) is 0 Å². The Bertz CT molecular complexity index is 476. The van der Waals surface area contributed by atoms with E-state index >= 15 is 0 Å². The maximum Gasteiger partial charge on any atom is 0.354 e. The van der Waals surface area contributed by atoms with Crippen LogP contribution >= 0.6 is 0 Å². The number of ether oxygens (including phenoxy) is 1. The molecule has 1 unspecified atom stereocenters. The van der Waals surface area contributed by atoms with Crippen LogP contribution in [0.4, 0.5) is 17.3 Å². The number of nitro groups is 1. The average molecular weight is 270 g/mol. The van der Waals surface area contributed by atoms with E-state index in [9.17, 15) is 15.2 Å². The van der Waals surface area contributed by atoms with Crippen molar-refractivity contribution in [1.82, 2.24) is 9.97 Å². The molecule has 0 bridgehead atoms. The highest BCUT2D eigenvalue weighted by Gasteiger charge is 2.33. The molecule has 104 valence electrons. The van der Waals surface area contributed by atoms with Gasteiger partial charge in [0.05, 0.1) is 11.5 Å². The second-order valence-electron chi connectivity index (χ2n) is 4.20. The lowest BCUT2D eigenvalue weighted by Gasteiger charge is -2.20. The van der Waals surface area contributed by atoms with E-state index in [1.165, 1.54) is 0 Å². The summed E-state index contributed by atoms with van der Waals surface area (Å²) in [4.78, 5) is 17.8. The summed E-state index contributed by atoms with van der Waals surface area (Å²) in [6.07, 6.45) is 1.60. The predicted molar refractivity (Wildman–Crippen MR) is 65.4 cm³/mol. The fourth-order valence-electron chi connectivity index (χ4n) is 1.77. The smallest absolute Gasteiger partial charge is 0.354 e. The van der Waals surface area contributed by atoms with Crippen LogP contribution in [-0.2, 0) is 4.74 Å². The molecule has 1 aliphatic heterocycles. The Morgan fingerprint density at radius 2 is 2.32 bits per heavy atom. The van der Waals surface area contributed by atoms with Crippen LogP contribution in [0.2, 0.25) is 0 Å². The van der Waals surface area contributed by atoms with E-state index in [-0.39, 0.29) is 30.5 Å². The number of anilines is 2. The van der Waals surface area contributed by atoms with Gasteiger partial charge in [-0.1, -0.05) is 0 Å². The summed E-state index contributed by atoms with van der Waals surface area (Å²) >= 11 is 0. The lowest BCUT2D eigenvalue weighted by molar-refractivity contribution is -0.383. The van der Waals surface area contributed by atoms with Crippen molar-refractivity contribution in [3.8, 4) is 0 Å². The number of aromatic nitrogens is 2. The Morgan fingerprint density at radius 1 is 1.58 bits per heavy atom. The molecule has 0 aromatic carbocycles. The fraction of sp³-hybridized carbons (Fsp3) is 0.556. The minimum atomic E-state index is -1.05. The number of nitrogens with two attached hydrogens (primary N) is 1. The van der Waals surface area contributed by atoms with Gasteiger partial charge in [0, 0.05) is 19.6 Å². The Hall–Kier alpha value is -2.04. The van der Waals surface area contributed by atoms with Gasteiger partial charge in [-0.25, -0.2) is 15.8 Å². The van der Waals surface area contributed by atoms with Crippen molar-refractivity contribution in [2.45, 2.75) is 12.0 Å². The quantitative estimate of drug-likeness (QED) is 0.307. The van der Waals surface area contributed by atoms with Gasteiger partial charge in [0.15, 0.2) is 0 Å². The number of nitrogens with one attached hydrogen (secondary N) is 2. The molecule has 0 saturated carbocycles. The first-order valence-electron chi connectivity index (χ1n) is 5.56. The van der Waals surface area contributed by atoms with Gasteiger partial charge in [0.2, 0.25) is 11.6 Å². The summed E-state index contributed by atoms with van der Waals surface area (Å²) in [5.74, 6) is 5.05. The van der Waals surface area contributed by atoms with Gasteiger partial charge in [0.1, 0.15) is 11.9 Å². The van der Waals surface area contributed by atoms with E-state index in [1.807, 2.05) is 0 Å². The van der Waals surface area contributed by atoms with Crippen molar-refractivity contribution < 1.29 is 14.8 Å². The van der Waals surface area contributed by atoms with Crippen LogP contribution in [0.1, 0.15) is 6.42 Å². The molecular formula is C9H14N6O4. The molecule has 5 N–H and O–H groups in total. The van der Waals surface area contributed by atoms with Crippen molar-refractivity contribution in [2.24, 2.45) is 5.84 Å². The topological polar surface area (TPSA) is 148 Å². The van der Waals surface area contributed by atoms with E-state index < -0.39 is 10.5 Å². The Morgan fingerprint density at radius 3 is 2.89 bits per heavy atom. The highest BCUT2D eigenvalue weighted by molar-refractivity contribution is 5.68. The average Bonchev–Trinajstić information content (AvgIpc) is 2.83. The van der Waals surface area contributed by atoms with E-state index in [4.69, 9.17) is 10.6 Å². The van der Waals surface area contributed by atoms with Gasteiger partial charge in [-0.05, 0) is 0 Å². The number of nitrogens with zero attached hydrogens (tertiary/aromatic N) is 3. The number of aliphatic hydroxyl groups is 1. The number of hydrogen-bond donors (Lipinski definition) is 4. The third-order valence-electron chi connectivity index (χ3n) is 2.81. The molecule has 0 amide bonds. The Kier molecular flexibility index (Phi) is 3.74. The Balaban J connectivity index is 2.17. The molecule has 1 aliphatic rings. The van der Waals surface area contributed by atoms with E-state index in [1.54, 1.807) is 0 Å². The Labute approximate surface area is 108 Å². The van der Waals surface area contributed by atoms with Gasteiger partial charge in [-0.15, -0.1) is 0 Å². The van der Waals surface area contributed by atoms with Crippen LogP contribution in [0.25, 0.3) is 0 Å². The summed E-state index contributed by atoms with van der Waals surface area (Å²) in [5, 5.41) is 23.8. The van der Waals surface area contributed by atoms with Gasteiger partial charge in [0.25, 0.3) is 0 Å². The zero-order chi connectivity index (χ0) is 13.9. The number of hydrazine groups is 1. The highest BCUT2D eigenvalue weighted by Crippen LogP contribution is 2.29. The van der Waals surface area contributed by atoms with E-state index in [0.717, 1.165) is 6.33 Å². The van der Waals surface area contributed by atoms with E-state index in [0.29, 0.717) is 13.0 Å². The second-order valence-corrected chi connectivity index (χ2v) is 4.20. The number of rotatable bonds is 5. The summed E-state index contributed by atoms with van der Waals surface area (Å²) < 4.78 is 5.08. The van der Waals surface area contributed by atoms with Crippen LogP contribution in [0.5, 0.6) is 0 Å². The first-order chi connectivity index (χ1) is 9.06. The van der Waals surface area contributed by atoms with Gasteiger partial charge in [-0.2, -0.15) is 0 Å². The molecule has 19 heavy (non-hydrogen) atoms. The number of hydrogen-bond acceptors (Lipinski definition) is 9. The maximum atomic E-state index is 11.0. The molecule has 10 nitrogen and oxygen atoms in total. The van der Waals surface area contributed by atoms with Crippen LogP contribution in [0, 0.1) is 10.1 Å². The molecule has 0 spiro atoms. The zero-order valence-corrected chi connectivity index (χ0v) is 10.00. The first kappa shape index (κ1) is 13.4. The lowest BCUT2D eigenvalue weighted by atomic mass is 10.0. The van der Waals surface area contributed by atoms with Gasteiger partial charge in [-0.3, -0.25) is 10.1 Å². The van der Waals surface area contributed by atoms with Crippen molar-refractivity contribution in [2.75, 3.05) is 30.5 Å². The molecule has 1 saturated heterocycles. The first-order valence-corrected chi connectivity index (χ1v) is 5.56. The molecule has 0 aliphatic carbocycles. The third kappa shape index (κ3) is 2.86. The normalized spacial score (nSPS) is 22.2.